The number of ether oxygens (including phenoxy) is 2. The predicted molar refractivity (Wildman–Crippen MR) is 75.7 cm³/mol. The van der Waals surface area contributed by atoms with Crippen molar-refractivity contribution in [2.24, 2.45) is 0 Å². The summed E-state index contributed by atoms with van der Waals surface area (Å²) in [4.78, 5) is 12.0. The molecule has 1 aromatic rings. The lowest BCUT2D eigenvalue weighted by Gasteiger charge is -2.20. The van der Waals surface area contributed by atoms with Crippen LogP contribution in [0.2, 0.25) is 5.02 Å². The fraction of sp³-hybridized carbons (Fsp3) is 0.500. The summed E-state index contributed by atoms with van der Waals surface area (Å²) >= 11 is 6.07. The molecule has 0 saturated heterocycles. The quantitative estimate of drug-likeness (QED) is 0.872. The lowest BCUT2D eigenvalue weighted by Crippen LogP contribution is -2.27. The zero-order valence-corrected chi connectivity index (χ0v) is 12.1. The molecule has 0 aliphatic carbocycles. The van der Waals surface area contributed by atoms with Gasteiger partial charge in [-0.2, -0.15) is 0 Å². The Bertz CT molecular complexity index is 492. The van der Waals surface area contributed by atoms with Crippen molar-refractivity contribution in [3.8, 4) is 11.5 Å². The fourth-order valence-electron chi connectivity index (χ4n) is 1.90. The van der Waals surface area contributed by atoms with Crippen molar-refractivity contribution in [3.63, 3.8) is 0 Å². The van der Waals surface area contributed by atoms with Crippen LogP contribution >= 0.6 is 11.6 Å². The molecule has 0 spiro atoms. The summed E-state index contributed by atoms with van der Waals surface area (Å²) in [6.45, 7) is 3.21. The number of carbonyl (C=O) groups is 1. The molecule has 2 rings (SSSR count). The average molecular weight is 300 g/mol. The number of carbonyl (C=O) groups excluding carboxylic acids is 1. The molecule has 0 aromatic heterocycles. The summed E-state index contributed by atoms with van der Waals surface area (Å²) in [6, 6.07) is 3.17. The average Bonchev–Trinajstić information content (AvgIpc) is 2.46. The molecule has 0 fully saturated rings. The number of aliphatic hydroxyl groups is 1. The summed E-state index contributed by atoms with van der Waals surface area (Å²) in [5, 5.41) is 12.5. The lowest BCUT2D eigenvalue weighted by atomic mass is 10.1. The summed E-state index contributed by atoms with van der Waals surface area (Å²) in [6.07, 6.45) is 0.811. The number of nitrogens with one attached hydrogen (secondary N) is 1. The molecule has 1 heterocycles. The molecule has 2 N–H and O–H groups in total. The lowest BCUT2D eigenvalue weighted by molar-refractivity contribution is 0.0940. The van der Waals surface area contributed by atoms with Gasteiger partial charge in [0.1, 0.15) is 13.2 Å². The van der Waals surface area contributed by atoms with Crippen LogP contribution in [0.25, 0.3) is 0 Å². The summed E-state index contributed by atoms with van der Waals surface area (Å²) in [5.41, 5.74) is 0.422. The molecule has 1 unspecified atom stereocenters. The highest BCUT2D eigenvalue weighted by Crippen LogP contribution is 2.38. The highest BCUT2D eigenvalue weighted by atomic mass is 35.5. The number of hydrogen-bond donors (Lipinski definition) is 2. The van der Waals surface area contributed by atoms with E-state index in [0.29, 0.717) is 54.7 Å². The van der Waals surface area contributed by atoms with Gasteiger partial charge in [0, 0.05) is 12.1 Å². The van der Waals surface area contributed by atoms with Gasteiger partial charge < -0.3 is 19.9 Å². The second-order valence-corrected chi connectivity index (χ2v) is 5.00. The zero-order chi connectivity index (χ0) is 14.5. The Labute approximate surface area is 122 Å². The Hall–Kier alpha value is -1.46. The van der Waals surface area contributed by atoms with E-state index in [1.807, 2.05) is 6.92 Å². The van der Waals surface area contributed by atoms with Crippen LogP contribution in [-0.2, 0) is 0 Å². The molecule has 1 aromatic carbocycles. The van der Waals surface area contributed by atoms with Crippen LogP contribution in [0.15, 0.2) is 12.1 Å². The van der Waals surface area contributed by atoms with Crippen LogP contribution in [0.5, 0.6) is 11.5 Å². The first-order valence-corrected chi connectivity index (χ1v) is 7.05. The molecule has 6 heteroatoms. The van der Waals surface area contributed by atoms with Gasteiger partial charge >= 0.3 is 0 Å². The predicted octanol–water partition coefficient (Wildman–Crippen LogP) is 2.00. The smallest absolute Gasteiger partial charge is 0.251 e. The molecule has 5 nitrogen and oxygen atoms in total. The SMILES string of the molecule is CCC(O)CCNC(=O)c1cc(Cl)c2c(c1)OCCO2. The maximum absolute atomic E-state index is 12.0. The second-order valence-electron chi connectivity index (χ2n) is 4.59. The molecule has 20 heavy (non-hydrogen) atoms. The summed E-state index contributed by atoms with van der Waals surface area (Å²) in [7, 11) is 0. The number of hydrogen-bond acceptors (Lipinski definition) is 4. The molecule has 1 atom stereocenters. The van der Waals surface area contributed by atoms with E-state index in [9.17, 15) is 9.90 Å². The van der Waals surface area contributed by atoms with Gasteiger partial charge in [0.25, 0.3) is 5.91 Å². The number of halogens is 1. The third-order valence-electron chi connectivity index (χ3n) is 3.09. The minimum atomic E-state index is -0.390. The van der Waals surface area contributed by atoms with E-state index in [-0.39, 0.29) is 12.0 Å². The number of amides is 1. The number of benzene rings is 1. The highest BCUT2D eigenvalue weighted by molar-refractivity contribution is 6.32. The second kappa shape index (κ2) is 6.81. The van der Waals surface area contributed by atoms with Crippen molar-refractivity contribution >= 4 is 17.5 Å². The van der Waals surface area contributed by atoms with E-state index in [1.165, 1.54) is 0 Å². The van der Waals surface area contributed by atoms with Gasteiger partial charge in [-0.15, -0.1) is 0 Å². The van der Waals surface area contributed by atoms with Crippen LogP contribution in [0, 0.1) is 0 Å². The normalized spacial score (nSPS) is 14.8. The van der Waals surface area contributed by atoms with Crippen molar-refractivity contribution < 1.29 is 19.4 Å². The van der Waals surface area contributed by atoms with E-state index in [4.69, 9.17) is 21.1 Å². The first-order valence-electron chi connectivity index (χ1n) is 6.67. The third-order valence-corrected chi connectivity index (χ3v) is 3.37. The van der Waals surface area contributed by atoms with E-state index in [1.54, 1.807) is 12.1 Å². The first-order chi connectivity index (χ1) is 9.61. The Balaban J connectivity index is 2.01. The minimum Gasteiger partial charge on any atom is -0.486 e. The van der Waals surface area contributed by atoms with Gasteiger partial charge in [-0.3, -0.25) is 4.79 Å². The Kier molecular flexibility index (Phi) is 5.09. The minimum absolute atomic E-state index is 0.243. The summed E-state index contributed by atoms with van der Waals surface area (Å²) in [5.74, 6) is 0.727. The zero-order valence-electron chi connectivity index (χ0n) is 11.3. The molecule has 1 amide bonds. The molecule has 0 saturated carbocycles. The van der Waals surface area contributed by atoms with Crippen molar-refractivity contribution in [1.82, 2.24) is 5.32 Å². The van der Waals surface area contributed by atoms with Crippen LogP contribution in [0.4, 0.5) is 0 Å². The largest absolute Gasteiger partial charge is 0.486 e. The van der Waals surface area contributed by atoms with Gasteiger partial charge in [-0.1, -0.05) is 18.5 Å². The standard InChI is InChI=1S/C14H18ClNO4/c1-2-10(17)3-4-16-14(18)9-7-11(15)13-12(8-9)19-5-6-20-13/h7-8,10,17H,2-6H2,1H3,(H,16,18). The Morgan fingerprint density at radius 2 is 2.20 bits per heavy atom. The highest BCUT2D eigenvalue weighted by Gasteiger charge is 2.19. The summed E-state index contributed by atoms with van der Waals surface area (Å²) < 4.78 is 10.8. The third kappa shape index (κ3) is 3.55. The number of rotatable bonds is 5. The van der Waals surface area contributed by atoms with Crippen LogP contribution in [0.1, 0.15) is 30.1 Å². The Morgan fingerprint density at radius 3 is 2.95 bits per heavy atom. The van der Waals surface area contributed by atoms with Crippen molar-refractivity contribution in [3.05, 3.63) is 22.7 Å². The maximum Gasteiger partial charge on any atom is 0.251 e. The molecule has 1 aliphatic heterocycles. The monoisotopic (exact) mass is 299 g/mol. The van der Waals surface area contributed by atoms with E-state index in [0.717, 1.165) is 0 Å². The first kappa shape index (κ1) is 14.9. The number of aliphatic hydroxyl groups excluding tert-OH is 1. The van der Waals surface area contributed by atoms with Crippen molar-refractivity contribution in [2.45, 2.75) is 25.9 Å². The van der Waals surface area contributed by atoms with Crippen molar-refractivity contribution in [2.75, 3.05) is 19.8 Å². The van der Waals surface area contributed by atoms with Gasteiger partial charge in [-0.05, 0) is 25.0 Å². The molecular weight excluding hydrogens is 282 g/mol. The molecule has 110 valence electrons. The van der Waals surface area contributed by atoms with Crippen LogP contribution in [-0.4, -0.2) is 36.9 Å². The molecule has 0 bridgehead atoms. The van der Waals surface area contributed by atoms with Gasteiger partial charge in [0.2, 0.25) is 0 Å². The fourth-order valence-corrected chi connectivity index (χ4v) is 2.17. The van der Waals surface area contributed by atoms with Gasteiger partial charge in [-0.25, -0.2) is 0 Å². The number of fused-ring (bicyclic) bond motifs is 1. The topological polar surface area (TPSA) is 67.8 Å². The molecule has 1 aliphatic rings. The van der Waals surface area contributed by atoms with Crippen LogP contribution < -0.4 is 14.8 Å². The van der Waals surface area contributed by atoms with Gasteiger partial charge in [0.05, 0.1) is 11.1 Å². The van der Waals surface area contributed by atoms with Gasteiger partial charge in [0.15, 0.2) is 11.5 Å². The molecule has 0 radical (unpaired) electrons. The Morgan fingerprint density at radius 1 is 1.45 bits per heavy atom. The van der Waals surface area contributed by atoms with Crippen LogP contribution in [0.3, 0.4) is 0 Å². The molecular formula is C14H18ClNO4. The van der Waals surface area contributed by atoms with E-state index >= 15 is 0 Å². The van der Waals surface area contributed by atoms with Crippen molar-refractivity contribution in [1.29, 1.82) is 0 Å². The van der Waals surface area contributed by atoms with E-state index < -0.39 is 0 Å². The maximum atomic E-state index is 12.0. The van der Waals surface area contributed by atoms with E-state index in [2.05, 4.69) is 5.32 Å².